The van der Waals surface area contributed by atoms with E-state index in [2.05, 4.69) is 15.4 Å². The van der Waals surface area contributed by atoms with Crippen molar-refractivity contribution in [3.05, 3.63) is 70.3 Å². The number of pyridine rings is 1. The smallest absolute Gasteiger partial charge is 0.435 e. The number of halogens is 3. The Morgan fingerprint density at radius 3 is 2.68 bits per heavy atom. The van der Waals surface area contributed by atoms with Crippen LogP contribution in [0.3, 0.4) is 0 Å². The van der Waals surface area contributed by atoms with Crippen LogP contribution in [0.1, 0.15) is 37.1 Å². The summed E-state index contributed by atoms with van der Waals surface area (Å²) in [6.45, 7) is 1.48. The zero-order chi connectivity index (χ0) is 24.5. The molecule has 178 valence electrons. The molecular formula is C22H20F3N5O4. The van der Waals surface area contributed by atoms with E-state index in [1.54, 1.807) is 25.3 Å². The molecule has 0 spiro atoms. The number of benzene rings is 1. The minimum Gasteiger partial charge on any atom is -0.455 e. The molecule has 12 heteroatoms. The van der Waals surface area contributed by atoms with Crippen LogP contribution in [-0.2, 0) is 17.5 Å². The zero-order valence-corrected chi connectivity index (χ0v) is 18.0. The topological polar surface area (TPSA) is 112 Å². The molecule has 4 rings (SSSR count). The molecule has 2 aromatic heterocycles. The number of carbonyl (C=O) groups is 1. The van der Waals surface area contributed by atoms with Gasteiger partial charge in [0, 0.05) is 29.9 Å². The van der Waals surface area contributed by atoms with Gasteiger partial charge in [-0.3, -0.25) is 24.6 Å². The molecule has 9 nitrogen and oxygen atoms in total. The first-order chi connectivity index (χ1) is 16.1. The van der Waals surface area contributed by atoms with E-state index >= 15 is 0 Å². The first-order valence-electron chi connectivity index (χ1n) is 10.4. The molecule has 1 amide bonds. The number of hydrogen-bond acceptors (Lipinski definition) is 6. The van der Waals surface area contributed by atoms with Crippen molar-refractivity contribution in [1.29, 1.82) is 0 Å². The Labute approximate surface area is 191 Å². The van der Waals surface area contributed by atoms with Gasteiger partial charge in [0.2, 0.25) is 5.91 Å². The molecule has 0 saturated heterocycles. The van der Waals surface area contributed by atoms with Gasteiger partial charge < -0.3 is 10.1 Å². The third-order valence-electron chi connectivity index (χ3n) is 5.23. The fourth-order valence-electron chi connectivity index (χ4n) is 3.39. The number of aromatic nitrogens is 3. The standard InChI is InChI=1S/C22H20F3N5O4/c1-13(12-29-19(14-4-5-14)10-20(28-29)22(23,24)25)21(31)27-15-7-16(30(32)33)9-18(8-15)34-17-3-2-6-26-11-17/h2-3,6-11,13-14H,4-5,12H2,1H3,(H,27,31). The number of nitrogens with zero attached hydrogens (tertiary/aromatic N) is 4. The second-order valence-corrected chi connectivity index (χ2v) is 8.06. The van der Waals surface area contributed by atoms with E-state index in [4.69, 9.17) is 4.74 Å². The fourth-order valence-corrected chi connectivity index (χ4v) is 3.39. The predicted molar refractivity (Wildman–Crippen MR) is 114 cm³/mol. The summed E-state index contributed by atoms with van der Waals surface area (Å²) in [6, 6.07) is 8.07. The number of alkyl halides is 3. The number of carbonyl (C=O) groups excluding carboxylic acids is 1. The van der Waals surface area contributed by atoms with E-state index in [1.165, 1.54) is 29.1 Å². The maximum Gasteiger partial charge on any atom is 0.435 e. The number of nitro groups is 1. The lowest BCUT2D eigenvalue weighted by Crippen LogP contribution is -2.25. The maximum atomic E-state index is 13.1. The third-order valence-corrected chi connectivity index (χ3v) is 5.23. The number of hydrogen-bond donors (Lipinski definition) is 1. The molecular weight excluding hydrogens is 455 g/mol. The highest BCUT2D eigenvalue weighted by Crippen LogP contribution is 2.42. The number of amides is 1. The lowest BCUT2D eigenvalue weighted by molar-refractivity contribution is -0.384. The first-order valence-corrected chi connectivity index (χ1v) is 10.4. The van der Waals surface area contributed by atoms with Gasteiger partial charge in [-0.2, -0.15) is 18.3 Å². The number of nitrogens with one attached hydrogen (secondary N) is 1. The zero-order valence-electron chi connectivity index (χ0n) is 18.0. The van der Waals surface area contributed by atoms with Gasteiger partial charge in [-0.15, -0.1) is 0 Å². The maximum absolute atomic E-state index is 13.1. The van der Waals surface area contributed by atoms with Gasteiger partial charge in [-0.05, 0) is 31.0 Å². The Morgan fingerprint density at radius 1 is 1.29 bits per heavy atom. The normalized spacial score (nSPS) is 14.5. The Kier molecular flexibility index (Phi) is 6.22. The predicted octanol–water partition coefficient (Wildman–Crippen LogP) is 5.15. The van der Waals surface area contributed by atoms with Gasteiger partial charge in [0.25, 0.3) is 5.69 Å². The Bertz CT molecular complexity index is 1210. The van der Waals surface area contributed by atoms with Gasteiger partial charge in [0.1, 0.15) is 11.5 Å². The van der Waals surface area contributed by atoms with Crippen molar-refractivity contribution in [3.8, 4) is 11.5 Å². The average molecular weight is 475 g/mol. The van der Waals surface area contributed by atoms with Crippen LogP contribution in [0, 0.1) is 16.0 Å². The van der Waals surface area contributed by atoms with E-state index in [-0.39, 0.29) is 29.6 Å². The lowest BCUT2D eigenvalue weighted by Gasteiger charge is -2.15. The monoisotopic (exact) mass is 475 g/mol. The summed E-state index contributed by atoms with van der Waals surface area (Å²) in [7, 11) is 0. The number of anilines is 1. The molecule has 1 fully saturated rings. The summed E-state index contributed by atoms with van der Waals surface area (Å²) in [5.74, 6) is -0.828. The van der Waals surface area contributed by atoms with E-state index in [0.717, 1.165) is 18.9 Å². The van der Waals surface area contributed by atoms with Crippen LogP contribution < -0.4 is 10.1 Å². The fraction of sp³-hybridized carbons (Fsp3) is 0.318. The Balaban J connectivity index is 1.51. The van der Waals surface area contributed by atoms with Crippen molar-refractivity contribution in [2.45, 2.75) is 38.4 Å². The molecule has 1 saturated carbocycles. The molecule has 2 heterocycles. The van der Waals surface area contributed by atoms with Crippen LogP contribution in [-0.4, -0.2) is 25.6 Å². The quantitative estimate of drug-likeness (QED) is 0.356. The molecule has 0 bridgehead atoms. The first kappa shape index (κ1) is 23.2. The van der Waals surface area contributed by atoms with Crippen LogP contribution in [0.25, 0.3) is 0 Å². The minimum atomic E-state index is -4.58. The van der Waals surface area contributed by atoms with Crippen molar-refractivity contribution >= 4 is 17.3 Å². The highest BCUT2D eigenvalue weighted by Gasteiger charge is 2.38. The second kappa shape index (κ2) is 9.12. The molecule has 34 heavy (non-hydrogen) atoms. The summed E-state index contributed by atoms with van der Waals surface area (Å²) >= 11 is 0. The SMILES string of the molecule is CC(Cn1nc(C(F)(F)F)cc1C1CC1)C(=O)Nc1cc(Oc2cccnc2)cc([N+](=O)[O-])c1. The number of rotatable bonds is 8. The van der Waals surface area contributed by atoms with Crippen LogP contribution >= 0.6 is 0 Å². The van der Waals surface area contributed by atoms with Crippen molar-refractivity contribution < 1.29 is 27.6 Å². The average Bonchev–Trinajstić information content (AvgIpc) is 3.53. The van der Waals surface area contributed by atoms with Crippen molar-refractivity contribution in [3.63, 3.8) is 0 Å². The molecule has 3 aromatic rings. The van der Waals surface area contributed by atoms with Crippen molar-refractivity contribution in [2.24, 2.45) is 5.92 Å². The lowest BCUT2D eigenvalue weighted by atomic mass is 10.1. The Morgan fingerprint density at radius 2 is 2.06 bits per heavy atom. The van der Waals surface area contributed by atoms with E-state index in [9.17, 15) is 28.1 Å². The van der Waals surface area contributed by atoms with Crippen molar-refractivity contribution in [1.82, 2.24) is 14.8 Å². The van der Waals surface area contributed by atoms with Gasteiger partial charge in [0.05, 0.1) is 35.3 Å². The molecule has 1 unspecified atom stereocenters. The summed E-state index contributed by atoms with van der Waals surface area (Å²) < 4.78 is 46.2. The molecule has 1 aliphatic rings. The molecule has 1 atom stereocenters. The summed E-state index contributed by atoms with van der Waals surface area (Å²) in [5.41, 5.74) is -0.724. The molecule has 0 radical (unpaired) electrons. The number of ether oxygens (including phenoxy) is 1. The Hall–Kier alpha value is -3.96. The number of nitro benzene ring substituents is 1. The van der Waals surface area contributed by atoms with Gasteiger partial charge in [-0.1, -0.05) is 6.92 Å². The largest absolute Gasteiger partial charge is 0.455 e. The highest BCUT2D eigenvalue weighted by molar-refractivity contribution is 5.92. The van der Waals surface area contributed by atoms with Crippen LogP contribution in [0.15, 0.2) is 48.8 Å². The highest BCUT2D eigenvalue weighted by atomic mass is 19.4. The van der Waals surface area contributed by atoms with Crippen LogP contribution in [0.2, 0.25) is 0 Å². The molecule has 1 aromatic carbocycles. The van der Waals surface area contributed by atoms with Gasteiger partial charge >= 0.3 is 6.18 Å². The molecule has 0 aliphatic heterocycles. The van der Waals surface area contributed by atoms with Gasteiger partial charge in [-0.25, -0.2) is 0 Å². The molecule has 1 aliphatic carbocycles. The van der Waals surface area contributed by atoms with Crippen LogP contribution in [0.5, 0.6) is 11.5 Å². The number of non-ortho nitro benzene ring substituents is 1. The summed E-state index contributed by atoms with van der Waals surface area (Å²) in [5, 5.41) is 17.6. The molecule has 1 N–H and O–H groups in total. The van der Waals surface area contributed by atoms with E-state index in [1.807, 2.05) is 0 Å². The summed E-state index contributed by atoms with van der Waals surface area (Å²) in [4.78, 5) is 27.4. The van der Waals surface area contributed by atoms with Crippen molar-refractivity contribution in [2.75, 3.05) is 5.32 Å². The summed E-state index contributed by atoms with van der Waals surface area (Å²) in [6.07, 6.45) is -0.0584. The van der Waals surface area contributed by atoms with Gasteiger partial charge in [0.15, 0.2) is 5.69 Å². The third kappa shape index (κ3) is 5.50. The minimum absolute atomic E-state index is 0.00261. The van der Waals surface area contributed by atoms with E-state index < -0.39 is 28.6 Å². The van der Waals surface area contributed by atoms with Crippen LogP contribution in [0.4, 0.5) is 24.5 Å². The van der Waals surface area contributed by atoms with E-state index in [0.29, 0.717) is 11.4 Å². The second-order valence-electron chi connectivity index (χ2n) is 8.06.